The smallest absolute Gasteiger partial charge is 0.331 e. The van der Waals surface area contributed by atoms with Gasteiger partial charge in [0.25, 0.3) is 15.9 Å². The molecule has 2 atom stereocenters. The van der Waals surface area contributed by atoms with Gasteiger partial charge in [-0.25, -0.2) is 13.2 Å². The second-order valence-corrected chi connectivity index (χ2v) is 9.22. The van der Waals surface area contributed by atoms with Crippen LogP contribution in [-0.4, -0.2) is 45.4 Å². The van der Waals surface area contributed by atoms with Gasteiger partial charge in [0.15, 0.2) is 12.1 Å². The van der Waals surface area contributed by atoms with Crippen molar-refractivity contribution >= 4 is 33.4 Å². The number of methoxy groups -OCH3 is 1. The quantitative estimate of drug-likeness (QED) is 0.613. The van der Waals surface area contributed by atoms with Crippen molar-refractivity contribution in [3.63, 3.8) is 0 Å². The van der Waals surface area contributed by atoms with Crippen LogP contribution >= 0.6 is 0 Å². The summed E-state index contributed by atoms with van der Waals surface area (Å²) in [4.78, 5) is 29.7. The van der Waals surface area contributed by atoms with Gasteiger partial charge in [0.05, 0.1) is 12.0 Å². The van der Waals surface area contributed by atoms with Gasteiger partial charge in [0.1, 0.15) is 11.6 Å². The van der Waals surface area contributed by atoms with E-state index in [9.17, 15) is 18.0 Å². The van der Waals surface area contributed by atoms with E-state index in [0.717, 1.165) is 0 Å². The molecule has 1 amide bonds. The first-order valence-corrected chi connectivity index (χ1v) is 11.5. The molecule has 9 nitrogen and oxygen atoms in total. The molecule has 0 aromatic heterocycles. The van der Waals surface area contributed by atoms with Crippen molar-refractivity contribution in [1.82, 2.24) is 4.72 Å². The molecule has 2 N–H and O–H groups in total. The lowest BCUT2D eigenvalue weighted by Gasteiger charge is -2.19. The van der Waals surface area contributed by atoms with E-state index < -0.39 is 34.0 Å². The van der Waals surface area contributed by atoms with E-state index in [1.54, 1.807) is 56.3 Å². The van der Waals surface area contributed by atoms with Crippen LogP contribution in [0.25, 0.3) is 0 Å². The number of nitrogens with one attached hydrogen (secondary N) is 2. The number of carbonyl (C=O) groups excluding carboxylic acids is 2. The molecule has 1 aliphatic heterocycles. The summed E-state index contributed by atoms with van der Waals surface area (Å²) in [6, 6.07) is 12.1. The van der Waals surface area contributed by atoms with Crippen molar-refractivity contribution in [2.45, 2.75) is 37.8 Å². The van der Waals surface area contributed by atoms with Crippen LogP contribution in [0.3, 0.4) is 0 Å². The highest BCUT2D eigenvalue weighted by molar-refractivity contribution is 7.90. The van der Waals surface area contributed by atoms with Crippen LogP contribution in [0.5, 0.6) is 5.75 Å². The SMILES string of the molecule is COc1cccc(NC(=O)[C@H](C)OC(=O)[C@@H](N=C2NS(=O)(=O)c3ccccc32)C(C)C)c1. The maximum atomic E-state index is 12.8. The number of anilines is 1. The molecule has 0 saturated heterocycles. The van der Waals surface area contributed by atoms with Gasteiger partial charge in [-0.1, -0.05) is 32.0 Å². The molecule has 32 heavy (non-hydrogen) atoms. The lowest BCUT2D eigenvalue weighted by atomic mass is 10.0. The molecule has 3 rings (SSSR count). The van der Waals surface area contributed by atoms with E-state index in [0.29, 0.717) is 17.0 Å². The molecule has 0 fully saturated rings. The molecule has 10 heteroatoms. The van der Waals surface area contributed by atoms with Crippen LogP contribution in [-0.2, 0) is 24.3 Å². The summed E-state index contributed by atoms with van der Waals surface area (Å²) in [5.74, 6) is -0.911. The van der Waals surface area contributed by atoms with Gasteiger partial charge in [-0.3, -0.25) is 14.5 Å². The van der Waals surface area contributed by atoms with Gasteiger partial charge in [-0.2, -0.15) is 0 Å². The number of rotatable bonds is 7. The van der Waals surface area contributed by atoms with Crippen LogP contribution in [0, 0.1) is 5.92 Å². The molecule has 2 aromatic rings. The van der Waals surface area contributed by atoms with Gasteiger partial charge >= 0.3 is 5.97 Å². The van der Waals surface area contributed by atoms with Crippen LogP contribution in [0.15, 0.2) is 58.4 Å². The first-order chi connectivity index (χ1) is 15.1. The summed E-state index contributed by atoms with van der Waals surface area (Å²) in [5.41, 5.74) is 0.879. The summed E-state index contributed by atoms with van der Waals surface area (Å²) in [6.07, 6.45) is -1.09. The number of hydrogen-bond donors (Lipinski definition) is 2. The van der Waals surface area contributed by atoms with Gasteiger partial charge in [0, 0.05) is 17.3 Å². The largest absolute Gasteiger partial charge is 0.497 e. The van der Waals surface area contributed by atoms with E-state index >= 15 is 0 Å². The Hall–Kier alpha value is -3.40. The Kier molecular flexibility index (Phi) is 6.83. The minimum Gasteiger partial charge on any atom is -0.497 e. The normalized spacial score (nSPS) is 17.2. The lowest BCUT2D eigenvalue weighted by Crippen LogP contribution is -2.37. The van der Waals surface area contributed by atoms with Gasteiger partial charge in [-0.05, 0) is 37.1 Å². The van der Waals surface area contributed by atoms with Crippen LogP contribution < -0.4 is 14.8 Å². The molecule has 170 valence electrons. The number of hydrogen-bond acceptors (Lipinski definition) is 7. The Labute approximate surface area is 186 Å². The second-order valence-electron chi connectivity index (χ2n) is 7.57. The van der Waals surface area contributed by atoms with Crippen LogP contribution in [0.1, 0.15) is 26.3 Å². The lowest BCUT2D eigenvalue weighted by molar-refractivity contribution is -0.155. The number of aliphatic imine (C=N–C) groups is 1. The predicted molar refractivity (Wildman–Crippen MR) is 119 cm³/mol. The van der Waals surface area contributed by atoms with Gasteiger partial charge < -0.3 is 14.8 Å². The number of carbonyl (C=O) groups is 2. The Morgan fingerprint density at radius 1 is 1.06 bits per heavy atom. The van der Waals surface area contributed by atoms with Crippen molar-refractivity contribution in [3.05, 3.63) is 54.1 Å². The number of nitrogens with zero attached hydrogens (tertiary/aromatic N) is 1. The van der Waals surface area contributed by atoms with Crippen molar-refractivity contribution in [1.29, 1.82) is 0 Å². The maximum absolute atomic E-state index is 12.8. The van der Waals surface area contributed by atoms with Crippen LogP contribution in [0.4, 0.5) is 5.69 Å². The average molecular weight is 460 g/mol. The van der Waals surface area contributed by atoms with Crippen molar-refractivity contribution in [2.75, 3.05) is 12.4 Å². The Morgan fingerprint density at radius 2 is 1.78 bits per heavy atom. The van der Waals surface area contributed by atoms with E-state index in [1.807, 2.05) is 0 Å². The molecule has 1 aliphatic rings. The van der Waals surface area contributed by atoms with Crippen LogP contribution in [0.2, 0.25) is 0 Å². The number of ether oxygens (including phenoxy) is 2. The third kappa shape index (κ3) is 5.08. The molecular weight excluding hydrogens is 434 g/mol. The van der Waals surface area contributed by atoms with Gasteiger partial charge in [-0.15, -0.1) is 0 Å². The number of esters is 1. The minimum absolute atomic E-state index is 0.0738. The number of amidine groups is 1. The number of fused-ring (bicyclic) bond motifs is 1. The molecular formula is C22H25N3O6S. The number of amides is 1. The fraction of sp³-hybridized carbons (Fsp3) is 0.318. The molecule has 0 saturated carbocycles. The van der Waals surface area contributed by atoms with Gasteiger partial charge in [0.2, 0.25) is 0 Å². The van der Waals surface area contributed by atoms with Crippen molar-refractivity contribution in [3.8, 4) is 5.75 Å². The highest BCUT2D eigenvalue weighted by Gasteiger charge is 2.34. The molecule has 0 spiro atoms. The zero-order valence-corrected chi connectivity index (χ0v) is 19.0. The van der Waals surface area contributed by atoms with Crippen molar-refractivity contribution < 1.29 is 27.5 Å². The molecule has 0 bridgehead atoms. The molecule has 0 aliphatic carbocycles. The predicted octanol–water partition coefficient (Wildman–Crippen LogP) is 2.33. The van der Waals surface area contributed by atoms with Crippen molar-refractivity contribution in [2.24, 2.45) is 10.9 Å². The zero-order valence-electron chi connectivity index (χ0n) is 18.2. The number of benzene rings is 2. The maximum Gasteiger partial charge on any atom is 0.331 e. The van der Waals surface area contributed by atoms with E-state index in [4.69, 9.17) is 9.47 Å². The average Bonchev–Trinajstić information content (AvgIpc) is 3.02. The van der Waals surface area contributed by atoms with E-state index in [1.165, 1.54) is 20.1 Å². The third-order valence-corrected chi connectivity index (χ3v) is 6.20. The third-order valence-electron chi connectivity index (χ3n) is 4.80. The summed E-state index contributed by atoms with van der Waals surface area (Å²) in [7, 11) is -2.22. The minimum atomic E-state index is -3.74. The topological polar surface area (TPSA) is 123 Å². The molecule has 2 aromatic carbocycles. The monoisotopic (exact) mass is 459 g/mol. The first kappa shape index (κ1) is 23.3. The molecule has 0 radical (unpaired) electrons. The summed E-state index contributed by atoms with van der Waals surface area (Å²) in [6.45, 7) is 4.96. The molecule has 0 unspecified atom stereocenters. The second kappa shape index (κ2) is 9.39. The first-order valence-electron chi connectivity index (χ1n) is 9.98. The van der Waals surface area contributed by atoms with E-state index in [-0.39, 0.29) is 16.6 Å². The Balaban J connectivity index is 1.74. The summed E-state index contributed by atoms with van der Waals surface area (Å²) >= 11 is 0. The Bertz CT molecular complexity index is 1160. The fourth-order valence-electron chi connectivity index (χ4n) is 3.08. The Morgan fingerprint density at radius 3 is 2.47 bits per heavy atom. The highest BCUT2D eigenvalue weighted by Crippen LogP contribution is 2.24. The fourth-order valence-corrected chi connectivity index (χ4v) is 4.32. The number of sulfonamides is 1. The molecule has 1 heterocycles. The van der Waals surface area contributed by atoms with E-state index in [2.05, 4.69) is 15.0 Å². The standard InChI is InChI=1S/C22H25N3O6S/c1-13(2)19(24-20-17-10-5-6-11-18(17)32(28,29)25-20)22(27)31-14(3)21(26)23-15-8-7-9-16(12-15)30-4/h5-14,19H,1-4H3,(H,23,26)(H,24,25)/t14-,19-/m0/s1. The zero-order chi connectivity index (χ0) is 23.5. The summed E-state index contributed by atoms with van der Waals surface area (Å²) < 4.78 is 37.5. The highest BCUT2D eigenvalue weighted by atomic mass is 32.2. The summed E-state index contributed by atoms with van der Waals surface area (Å²) in [5, 5.41) is 2.66.